The molecule has 0 amide bonds. The zero-order chi connectivity index (χ0) is 19.6. The van der Waals surface area contributed by atoms with E-state index in [9.17, 15) is 0 Å². The topological polar surface area (TPSA) is 62.0 Å². The van der Waals surface area contributed by atoms with Crippen molar-refractivity contribution in [3.63, 3.8) is 0 Å². The Morgan fingerprint density at radius 3 is 2.61 bits per heavy atom. The van der Waals surface area contributed by atoms with Crippen molar-refractivity contribution in [2.75, 3.05) is 39.8 Å². The van der Waals surface area contributed by atoms with Crippen molar-refractivity contribution in [2.24, 2.45) is 4.99 Å². The molecule has 3 rings (SSSR count). The van der Waals surface area contributed by atoms with E-state index < -0.39 is 0 Å². The number of guanidine groups is 1. The molecule has 6 nitrogen and oxygen atoms in total. The van der Waals surface area contributed by atoms with Gasteiger partial charge in [0.25, 0.3) is 0 Å². The fraction of sp³-hybridized carbons (Fsp3) is 0.500. The van der Waals surface area contributed by atoms with E-state index in [1.165, 1.54) is 18.4 Å². The summed E-state index contributed by atoms with van der Waals surface area (Å²) in [6.45, 7) is 6.71. The second-order valence-corrected chi connectivity index (χ2v) is 7.01. The number of aliphatic imine (C=N–C) groups is 1. The van der Waals surface area contributed by atoms with Crippen LogP contribution in [0, 0.1) is 0 Å². The monoisotopic (exact) mass is 384 g/mol. The molecule has 2 heterocycles. The number of nitrogens with zero attached hydrogens (tertiary/aromatic N) is 2. The van der Waals surface area contributed by atoms with Gasteiger partial charge in [-0.1, -0.05) is 12.1 Å². The molecule has 1 fully saturated rings. The third-order valence-corrected chi connectivity index (χ3v) is 5.09. The van der Waals surface area contributed by atoms with E-state index in [4.69, 9.17) is 14.1 Å². The molecule has 1 unspecified atom stereocenters. The summed E-state index contributed by atoms with van der Waals surface area (Å²) in [4.78, 5) is 7.43. The second kappa shape index (κ2) is 10.8. The Morgan fingerprint density at radius 2 is 1.96 bits per heavy atom. The number of hydrogen-bond donors (Lipinski definition) is 2. The molecule has 1 aliphatic rings. The molecule has 0 spiro atoms. The van der Waals surface area contributed by atoms with E-state index in [1.54, 1.807) is 13.4 Å². The van der Waals surface area contributed by atoms with Crippen LogP contribution in [0.15, 0.2) is 52.1 Å². The SMILES string of the molecule is CCNC(=NCC(c1ccc(OC)cc1)N1CCCC1)NCCc1ccco1. The van der Waals surface area contributed by atoms with Gasteiger partial charge in [-0.15, -0.1) is 0 Å². The van der Waals surface area contributed by atoms with E-state index in [0.717, 1.165) is 56.6 Å². The lowest BCUT2D eigenvalue weighted by Crippen LogP contribution is -2.39. The zero-order valence-corrected chi connectivity index (χ0v) is 17.0. The minimum atomic E-state index is 0.286. The number of furan rings is 1. The van der Waals surface area contributed by atoms with E-state index in [2.05, 4.69) is 34.6 Å². The first-order valence-electron chi connectivity index (χ1n) is 10.2. The van der Waals surface area contributed by atoms with Gasteiger partial charge in [-0.2, -0.15) is 0 Å². The minimum absolute atomic E-state index is 0.286. The highest BCUT2D eigenvalue weighted by atomic mass is 16.5. The van der Waals surface area contributed by atoms with Crippen molar-refractivity contribution in [3.05, 3.63) is 54.0 Å². The number of likely N-dealkylation sites (tertiary alicyclic amines) is 1. The van der Waals surface area contributed by atoms with Crippen molar-refractivity contribution in [1.82, 2.24) is 15.5 Å². The number of rotatable bonds is 9. The number of hydrogen-bond acceptors (Lipinski definition) is 4. The van der Waals surface area contributed by atoms with E-state index >= 15 is 0 Å². The average Bonchev–Trinajstić information content (AvgIpc) is 3.43. The molecule has 6 heteroatoms. The highest BCUT2D eigenvalue weighted by Gasteiger charge is 2.23. The molecular weight excluding hydrogens is 352 g/mol. The molecule has 0 aliphatic carbocycles. The highest BCUT2D eigenvalue weighted by Crippen LogP contribution is 2.27. The van der Waals surface area contributed by atoms with Gasteiger partial charge in [0.1, 0.15) is 11.5 Å². The Labute approximate surface area is 168 Å². The average molecular weight is 385 g/mol. The van der Waals surface area contributed by atoms with Crippen LogP contribution in [-0.4, -0.2) is 50.7 Å². The fourth-order valence-corrected chi connectivity index (χ4v) is 3.59. The van der Waals surface area contributed by atoms with Crippen LogP contribution in [-0.2, 0) is 6.42 Å². The lowest BCUT2D eigenvalue weighted by molar-refractivity contribution is 0.251. The van der Waals surface area contributed by atoms with Gasteiger partial charge < -0.3 is 19.8 Å². The Balaban J connectivity index is 1.65. The first-order valence-corrected chi connectivity index (χ1v) is 10.2. The summed E-state index contributed by atoms with van der Waals surface area (Å²) in [7, 11) is 1.70. The Hall–Kier alpha value is -2.47. The van der Waals surface area contributed by atoms with E-state index in [0.29, 0.717) is 0 Å². The maximum atomic E-state index is 5.40. The predicted molar refractivity (Wildman–Crippen MR) is 113 cm³/mol. The van der Waals surface area contributed by atoms with Crippen LogP contribution in [0.25, 0.3) is 0 Å². The van der Waals surface area contributed by atoms with Crippen molar-refractivity contribution in [1.29, 1.82) is 0 Å². The molecule has 0 bridgehead atoms. The van der Waals surface area contributed by atoms with Crippen LogP contribution in [0.1, 0.15) is 37.1 Å². The molecule has 1 atom stereocenters. The Kier molecular flexibility index (Phi) is 7.79. The van der Waals surface area contributed by atoms with Crippen LogP contribution >= 0.6 is 0 Å². The molecule has 2 aromatic rings. The summed E-state index contributed by atoms with van der Waals surface area (Å²) < 4.78 is 10.7. The van der Waals surface area contributed by atoms with Crippen LogP contribution < -0.4 is 15.4 Å². The van der Waals surface area contributed by atoms with Crippen LogP contribution in [0.5, 0.6) is 5.75 Å². The first kappa shape index (κ1) is 20.3. The molecule has 1 aliphatic heterocycles. The van der Waals surface area contributed by atoms with E-state index in [-0.39, 0.29) is 6.04 Å². The Bertz CT molecular complexity index is 707. The third kappa shape index (κ3) is 5.76. The fourth-order valence-electron chi connectivity index (χ4n) is 3.59. The van der Waals surface area contributed by atoms with E-state index in [1.807, 2.05) is 24.3 Å². The quantitative estimate of drug-likeness (QED) is 0.513. The summed E-state index contributed by atoms with van der Waals surface area (Å²) in [5.41, 5.74) is 1.29. The number of benzene rings is 1. The summed E-state index contributed by atoms with van der Waals surface area (Å²) in [6, 6.07) is 12.6. The second-order valence-electron chi connectivity index (χ2n) is 7.01. The molecule has 1 saturated heterocycles. The summed E-state index contributed by atoms with van der Waals surface area (Å²) >= 11 is 0. The zero-order valence-electron chi connectivity index (χ0n) is 17.0. The molecule has 2 N–H and O–H groups in total. The number of nitrogens with one attached hydrogen (secondary N) is 2. The van der Waals surface area contributed by atoms with Gasteiger partial charge in [-0.3, -0.25) is 9.89 Å². The van der Waals surface area contributed by atoms with Crippen LogP contribution in [0.2, 0.25) is 0 Å². The minimum Gasteiger partial charge on any atom is -0.497 e. The molecular formula is C22H32N4O2. The summed E-state index contributed by atoms with van der Waals surface area (Å²) in [5, 5.41) is 6.76. The number of methoxy groups -OCH3 is 1. The highest BCUT2D eigenvalue weighted by molar-refractivity contribution is 5.79. The lowest BCUT2D eigenvalue weighted by atomic mass is 10.1. The van der Waals surface area contributed by atoms with Gasteiger partial charge in [-0.05, 0) is 62.7 Å². The molecule has 152 valence electrons. The molecule has 28 heavy (non-hydrogen) atoms. The van der Waals surface area contributed by atoms with Gasteiger partial charge in [-0.25, -0.2) is 0 Å². The molecule has 0 saturated carbocycles. The van der Waals surface area contributed by atoms with Gasteiger partial charge >= 0.3 is 0 Å². The molecule has 1 aromatic heterocycles. The Morgan fingerprint density at radius 1 is 1.18 bits per heavy atom. The van der Waals surface area contributed by atoms with Crippen molar-refractivity contribution in [3.8, 4) is 5.75 Å². The third-order valence-electron chi connectivity index (χ3n) is 5.09. The van der Waals surface area contributed by atoms with Crippen molar-refractivity contribution in [2.45, 2.75) is 32.2 Å². The van der Waals surface area contributed by atoms with Gasteiger partial charge in [0, 0.05) is 19.5 Å². The van der Waals surface area contributed by atoms with Crippen LogP contribution in [0.3, 0.4) is 0 Å². The lowest BCUT2D eigenvalue weighted by Gasteiger charge is -2.27. The summed E-state index contributed by atoms with van der Waals surface area (Å²) in [6.07, 6.45) is 5.07. The van der Waals surface area contributed by atoms with Crippen LogP contribution in [0.4, 0.5) is 0 Å². The van der Waals surface area contributed by atoms with Crippen molar-refractivity contribution < 1.29 is 9.15 Å². The maximum Gasteiger partial charge on any atom is 0.191 e. The standard InChI is InChI=1S/C22H32N4O2/c1-3-23-22(24-13-12-20-7-6-16-28-20)25-17-21(26-14-4-5-15-26)18-8-10-19(27-2)11-9-18/h6-11,16,21H,3-5,12-15,17H2,1-2H3,(H2,23,24,25). The largest absolute Gasteiger partial charge is 0.497 e. The van der Waals surface area contributed by atoms with Gasteiger partial charge in [0.05, 0.1) is 26.0 Å². The smallest absolute Gasteiger partial charge is 0.191 e. The predicted octanol–water partition coefficient (Wildman–Crippen LogP) is 3.22. The van der Waals surface area contributed by atoms with Crippen molar-refractivity contribution >= 4 is 5.96 Å². The van der Waals surface area contributed by atoms with Gasteiger partial charge in [0.15, 0.2) is 5.96 Å². The normalized spacial score (nSPS) is 16.1. The maximum absolute atomic E-state index is 5.40. The number of ether oxygens (including phenoxy) is 1. The van der Waals surface area contributed by atoms with Gasteiger partial charge in [0.2, 0.25) is 0 Å². The first-order chi connectivity index (χ1) is 13.8. The summed E-state index contributed by atoms with van der Waals surface area (Å²) in [5.74, 6) is 2.73. The molecule has 0 radical (unpaired) electrons. The molecule has 1 aromatic carbocycles.